The highest BCUT2D eigenvalue weighted by Crippen LogP contribution is 2.38. The van der Waals surface area contributed by atoms with Crippen molar-refractivity contribution in [2.75, 3.05) is 11.9 Å². The summed E-state index contributed by atoms with van der Waals surface area (Å²) in [5.41, 5.74) is 2.60. The van der Waals surface area contributed by atoms with Gasteiger partial charge in [0.15, 0.2) is 0 Å². The van der Waals surface area contributed by atoms with Crippen LogP contribution in [-0.4, -0.2) is 32.6 Å². The van der Waals surface area contributed by atoms with E-state index in [2.05, 4.69) is 26.9 Å². The highest BCUT2D eigenvalue weighted by atomic mass is 32.1. The summed E-state index contributed by atoms with van der Waals surface area (Å²) >= 11 is 1.39. The van der Waals surface area contributed by atoms with E-state index < -0.39 is 0 Å². The molecule has 26 heavy (non-hydrogen) atoms. The SMILES string of the molecule is Cc1ccc(-n2cnc3c(sc4ncnc(N(C)C5CC5)c43)c2=O)cc1. The molecule has 6 nitrogen and oxygen atoms in total. The van der Waals surface area contributed by atoms with Gasteiger partial charge in [0.1, 0.15) is 33.5 Å². The molecule has 1 aromatic carbocycles. The fourth-order valence-electron chi connectivity index (χ4n) is 3.24. The summed E-state index contributed by atoms with van der Waals surface area (Å²) in [6.45, 7) is 2.02. The molecule has 0 aliphatic heterocycles. The van der Waals surface area contributed by atoms with Crippen molar-refractivity contribution in [3.8, 4) is 5.69 Å². The van der Waals surface area contributed by atoms with Crippen molar-refractivity contribution < 1.29 is 0 Å². The normalized spacial score (nSPS) is 14.2. The van der Waals surface area contributed by atoms with Gasteiger partial charge in [-0.1, -0.05) is 17.7 Å². The van der Waals surface area contributed by atoms with Crippen LogP contribution in [0.1, 0.15) is 18.4 Å². The predicted octanol–water partition coefficient (Wildman–Crippen LogP) is 3.30. The molecule has 0 bridgehead atoms. The number of aryl methyl sites for hydroxylation is 1. The number of nitrogens with zero attached hydrogens (tertiary/aromatic N) is 5. The maximum absolute atomic E-state index is 13.1. The van der Waals surface area contributed by atoms with Crippen LogP contribution in [0.25, 0.3) is 26.1 Å². The monoisotopic (exact) mass is 363 g/mol. The molecule has 0 saturated heterocycles. The lowest BCUT2D eigenvalue weighted by Gasteiger charge is -2.17. The maximum atomic E-state index is 13.1. The molecule has 0 amide bonds. The van der Waals surface area contributed by atoms with Crippen LogP contribution >= 0.6 is 11.3 Å². The van der Waals surface area contributed by atoms with E-state index in [1.54, 1.807) is 17.2 Å². The Labute approximate surface area is 153 Å². The lowest BCUT2D eigenvalue weighted by atomic mass is 10.2. The molecule has 0 unspecified atom stereocenters. The summed E-state index contributed by atoms with van der Waals surface area (Å²) in [4.78, 5) is 29.6. The molecule has 3 aromatic heterocycles. The van der Waals surface area contributed by atoms with Crippen molar-refractivity contribution in [1.29, 1.82) is 0 Å². The third kappa shape index (κ3) is 2.31. The van der Waals surface area contributed by atoms with E-state index in [-0.39, 0.29) is 5.56 Å². The van der Waals surface area contributed by atoms with Crippen LogP contribution < -0.4 is 10.5 Å². The Morgan fingerprint density at radius 1 is 1.15 bits per heavy atom. The number of hydrogen-bond acceptors (Lipinski definition) is 6. The Morgan fingerprint density at radius 3 is 2.65 bits per heavy atom. The molecule has 7 heteroatoms. The van der Waals surface area contributed by atoms with Crippen molar-refractivity contribution >= 4 is 37.6 Å². The zero-order chi connectivity index (χ0) is 17.8. The lowest BCUT2D eigenvalue weighted by Crippen LogP contribution is -2.21. The minimum Gasteiger partial charge on any atom is -0.356 e. The number of rotatable bonds is 3. The number of anilines is 1. The number of hydrogen-bond donors (Lipinski definition) is 0. The van der Waals surface area contributed by atoms with Gasteiger partial charge in [0.25, 0.3) is 5.56 Å². The fraction of sp³-hybridized carbons (Fsp3) is 0.263. The summed E-state index contributed by atoms with van der Waals surface area (Å²) in [5, 5.41) is 0.884. The first-order chi connectivity index (χ1) is 12.6. The second-order valence-electron chi connectivity index (χ2n) is 6.75. The number of fused-ring (bicyclic) bond motifs is 3. The third-order valence-corrected chi connectivity index (χ3v) is 5.97. The van der Waals surface area contributed by atoms with Crippen molar-refractivity contribution in [2.45, 2.75) is 25.8 Å². The van der Waals surface area contributed by atoms with Gasteiger partial charge in [-0.05, 0) is 31.9 Å². The molecule has 0 N–H and O–H groups in total. The van der Waals surface area contributed by atoms with Crippen LogP contribution in [0.5, 0.6) is 0 Å². The van der Waals surface area contributed by atoms with Crippen LogP contribution in [0, 0.1) is 6.92 Å². The van der Waals surface area contributed by atoms with Gasteiger partial charge in [-0.25, -0.2) is 15.0 Å². The average molecular weight is 363 g/mol. The Morgan fingerprint density at radius 2 is 1.92 bits per heavy atom. The molecule has 1 fully saturated rings. The average Bonchev–Trinajstić information content (AvgIpc) is 3.43. The largest absolute Gasteiger partial charge is 0.356 e. The highest BCUT2D eigenvalue weighted by molar-refractivity contribution is 7.25. The van der Waals surface area contributed by atoms with E-state index >= 15 is 0 Å². The highest BCUT2D eigenvalue weighted by Gasteiger charge is 2.29. The first kappa shape index (κ1) is 15.5. The summed E-state index contributed by atoms with van der Waals surface area (Å²) in [5.74, 6) is 0.865. The van der Waals surface area contributed by atoms with Gasteiger partial charge in [-0.15, -0.1) is 11.3 Å². The van der Waals surface area contributed by atoms with Gasteiger partial charge in [0.2, 0.25) is 0 Å². The molecule has 0 atom stereocenters. The van der Waals surface area contributed by atoms with E-state index in [1.165, 1.54) is 24.2 Å². The summed E-state index contributed by atoms with van der Waals surface area (Å²) < 4.78 is 2.21. The van der Waals surface area contributed by atoms with Crippen molar-refractivity contribution in [3.63, 3.8) is 0 Å². The van der Waals surface area contributed by atoms with E-state index in [9.17, 15) is 4.79 Å². The minimum atomic E-state index is -0.0677. The standard InChI is InChI=1S/C19H17N5OS/c1-11-3-5-13(6-4-11)24-10-22-15-14-17(23(2)12-7-8-12)20-9-21-18(14)26-16(15)19(24)25/h3-6,9-10,12H,7-8H2,1-2H3. The number of thiophene rings is 1. The fourth-order valence-corrected chi connectivity index (χ4v) is 4.26. The van der Waals surface area contributed by atoms with E-state index in [1.807, 2.05) is 31.2 Å². The Balaban J connectivity index is 1.76. The Kier molecular flexibility index (Phi) is 3.33. The van der Waals surface area contributed by atoms with Gasteiger partial charge in [0, 0.05) is 13.1 Å². The second kappa shape index (κ2) is 5.60. The first-order valence-corrected chi connectivity index (χ1v) is 9.40. The molecular weight excluding hydrogens is 346 g/mol. The molecule has 4 aromatic rings. The maximum Gasteiger partial charge on any atom is 0.275 e. The summed E-state index contributed by atoms with van der Waals surface area (Å²) in [6, 6.07) is 8.37. The molecule has 0 spiro atoms. The van der Waals surface area contributed by atoms with Crippen LogP contribution in [0.15, 0.2) is 41.7 Å². The van der Waals surface area contributed by atoms with Crippen molar-refractivity contribution in [3.05, 3.63) is 52.8 Å². The zero-order valence-corrected chi connectivity index (χ0v) is 15.3. The quantitative estimate of drug-likeness (QED) is 0.559. The van der Waals surface area contributed by atoms with E-state index in [0.717, 1.165) is 27.3 Å². The van der Waals surface area contributed by atoms with Gasteiger partial charge >= 0.3 is 0 Å². The van der Waals surface area contributed by atoms with Crippen LogP contribution in [-0.2, 0) is 0 Å². The van der Waals surface area contributed by atoms with Crippen molar-refractivity contribution in [2.24, 2.45) is 0 Å². The van der Waals surface area contributed by atoms with Gasteiger partial charge in [0.05, 0.1) is 11.1 Å². The smallest absolute Gasteiger partial charge is 0.275 e. The Bertz CT molecular complexity index is 1190. The van der Waals surface area contributed by atoms with Gasteiger partial charge in [-0.3, -0.25) is 9.36 Å². The van der Waals surface area contributed by atoms with E-state index in [0.29, 0.717) is 16.3 Å². The summed E-state index contributed by atoms with van der Waals surface area (Å²) in [7, 11) is 2.05. The van der Waals surface area contributed by atoms with Gasteiger partial charge in [-0.2, -0.15) is 0 Å². The van der Waals surface area contributed by atoms with Crippen molar-refractivity contribution in [1.82, 2.24) is 19.5 Å². The molecule has 1 aliphatic rings. The zero-order valence-electron chi connectivity index (χ0n) is 14.5. The van der Waals surface area contributed by atoms with E-state index in [4.69, 9.17) is 0 Å². The molecular formula is C19H17N5OS. The van der Waals surface area contributed by atoms with Crippen LogP contribution in [0.3, 0.4) is 0 Å². The predicted molar refractivity (Wildman–Crippen MR) is 104 cm³/mol. The Hall–Kier alpha value is -2.80. The summed E-state index contributed by atoms with van der Waals surface area (Å²) in [6.07, 6.45) is 5.54. The topological polar surface area (TPSA) is 63.9 Å². The molecule has 1 saturated carbocycles. The number of aromatic nitrogens is 4. The minimum absolute atomic E-state index is 0.0677. The van der Waals surface area contributed by atoms with Crippen LogP contribution in [0.2, 0.25) is 0 Å². The van der Waals surface area contributed by atoms with Gasteiger partial charge < -0.3 is 4.90 Å². The molecule has 130 valence electrons. The first-order valence-electron chi connectivity index (χ1n) is 8.58. The molecule has 3 heterocycles. The number of benzene rings is 1. The molecule has 0 radical (unpaired) electrons. The molecule has 5 rings (SSSR count). The third-order valence-electron chi connectivity index (χ3n) is 4.90. The second-order valence-corrected chi connectivity index (χ2v) is 7.75. The molecule has 1 aliphatic carbocycles. The van der Waals surface area contributed by atoms with Crippen LogP contribution in [0.4, 0.5) is 5.82 Å². The lowest BCUT2D eigenvalue weighted by molar-refractivity contribution is 0.895.